The van der Waals surface area contributed by atoms with E-state index in [2.05, 4.69) is 41.3 Å². The standard InChI is InChI=1S/C28H28ClN3O2S/c1-30(27(33)19-32-24-17-23(29)13-14-26(24)35-28(32)34)25(18-31-15-5-6-16-31)22-11-9-21(10-12-22)20-7-3-2-4-8-20/h2-4,7-14,17,25H,5-6,15-16,18-19H2,1H3. The number of benzene rings is 3. The van der Waals surface area contributed by atoms with E-state index >= 15 is 0 Å². The normalized spacial score (nSPS) is 14.9. The predicted molar refractivity (Wildman–Crippen MR) is 144 cm³/mol. The molecule has 1 saturated heterocycles. The van der Waals surface area contributed by atoms with Crippen molar-refractivity contribution in [3.8, 4) is 11.1 Å². The van der Waals surface area contributed by atoms with Gasteiger partial charge in [-0.1, -0.05) is 77.5 Å². The van der Waals surface area contributed by atoms with E-state index in [1.807, 2.05) is 31.3 Å². The first-order valence-electron chi connectivity index (χ1n) is 11.9. The average molecular weight is 506 g/mol. The molecule has 3 aromatic carbocycles. The molecular formula is C28H28ClN3O2S. The number of fused-ring (bicyclic) bond motifs is 1. The van der Waals surface area contributed by atoms with E-state index < -0.39 is 0 Å². The molecule has 0 N–H and O–H groups in total. The lowest BCUT2D eigenvalue weighted by Crippen LogP contribution is -2.40. The maximum absolute atomic E-state index is 13.5. The molecule has 35 heavy (non-hydrogen) atoms. The molecular weight excluding hydrogens is 478 g/mol. The predicted octanol–water partition coefficient (Wildman–Crippen LogP) is 5.68. The Labute approximate surface area is 214 Å². The molecule has 1 unspecified atom stereocenters. The lowest BCUT2D eigenvalue weighted by atomic mass is 9.99. The van der Waals surface area contributed by atoms with Gasteiger partial charge in [0, 0.05) is 18.6 Å². The quantitative estimate of drug-likeness (QED) is 0.324. The highest BCUT2D eigenvalue weighted by Gasteiger charge is 2.26. The van der Waals surface area contributed by atoms with E-state index in [9.17, 15) is 9.59 Å². The SMILES string of the molecule is CN(C(=O)Cn1c(=O)sc2ccc(Cl)cc21)C(CN1CCCC1)c1ccc(-c2ccccc2)cc1. The van der Waals surface area contributed by atoms with Crippen LogP contribution in [0.4, 0.5) is 0 Å². The van der Waals surface area contributed by atoms with E-state index in [0.29, 0.717) is 10.5 Å². The highest BCUT2D eigenvalue weighted by atomic mass is 35.5. The fraction of sp³-hybridized carbons (Fsp3) is 0.286. The summed E-state index contributed by atoms with van der Waals surface area (Å²) in [5.74, 6) is -0.0943. The van der Waals surface area contributed by atoms with Crippen molar-refractivity contribution in [2.24, 2.45) is 0 Å². The van der Waals surface area contributed by atoms with Crippen LogP contribution in [-0.4, -0.2) is 47.0 Å². The minimum Gasteiger partial charge on any atom is -0.336 e. The fourth-order valence-electron chi connectivity index (χ4n) is 4.80. The van der Waals surface area contributed by atoms with Gasteiger partial charge in [0.25, 0.3) is 0 Å². The summed E-state index contributed by atoms with van der Waals surface area (Å²) in [4.78, 5) is 30.2. The van der Waals surface area contributed by atoms with Crippen LogP contribution in [0.15, 0.2) is 77.6 Å². The van der Waals surface area contributed by atoms with Gasteiger partial charge in [-0.2, -0.15) is 0 Å². The Kier molecular flexibility index (Phi) is 7.04. The zero-order valence-corrected chi connectivity index (χ0v) is 21.3. The first-order chi connectivity index (χ1) is 17.0. The fourth-order valence-corrected chi connectivity index (χ4v) is 5.83. The Bertz CT molecular complexity index is 1380. The first kappa shape index (κ1) is 23.8. The molecule has 7 heteroatoms. The third kappa shape index (κ3) is 5.20. The summed E-state index contributed by atoms with van der Waals surface area (Å²) in [5, 5.41) is 0.551. The topological polar surface area (TPSA) is 45.6 Å². The number of carbonyl (C=O) groups is 1. The number of nitrogens with zero attached hydrogens (tertiary/aromatic N) is 3. The highest BCUT2D eigenvalue weighted by molar-refractivity contribution is 7.16. The molecule has 0 saturated carbocycles. The zero-order valence-electron chi connectivity index (χ0n) is 19.7. The molecule has 1 atom stereocenters. The maximum Gasteiger partial charge on any atom is 0.308 e. The molecule has 1 aromatic heterocycles. The smallest absolute Gasteiger partial charge is 0.308 e. The van der Waals surface area contributed by atoms with Crippen LogP contribution in [0.5, 0.6) is 0 Å². The number of carbonyl (C=O) groups excluding carboxylic acids is 1. The number of rotatable bonds is 7. The molecule has 1 aliphatic heterocycles. The zero-order chi connectivity index (χ0) is 24.4. The molecule has 0 aliphatic carbocycles. The van der Waals surface area contributed by atoms with Crippen LogP contribution in [0, 0.1) is 0 Å². The van der Waals surface area contributed by atoms with E-state index in [-0.39, 0.29) is 23.4 Å². The van der Waals surface area contributed by atoms with Crippen LogP contribution < -0.4 is 4.87 Å². The Morgan fingerprint density at radius 3 is 2.40 bits per heavy atom. The lowest BCUT2D eigenvalue weighted by Gasteiger charge is -2.32. The minimum atomic E-state index is -0.146. The van der Waals surface area contributed by atoms with Crippen LogP contribution >= 0.6 is 22.9 Å². The summed E-state index contributed by atoms with van der Waals surface area (Å²) in [6.07, 6.45) is 2.38. The number of hydrogen-bond acceptors (Lipinski definition) is 4. The van der Waals surface area contributed by atoms with Gasteiger partial charge in [0.15, 0.2) is 0 Å². The number of hydrogen-bond donors (Lipinski definition) is 0. The van der Waals surface area contributed by atoms with E-state index in [1.54, 1.807) is 17.0 Å². The number of likely N-dealkylation sites (tertiary alicyclic amines) is 1. The second kappa shape index (κ2) is 10.4. The summed E-state index contributed by atoms with van der Waals surface area (Å²) in [6.45, 7) is 2.87. The molecule has 0 radical (unpaired) electrons. The average Bonchev–Trinajstić information content (AvgIpc) is 3.50. The van der Waals surface area contributed by atoms with Crippen molar-refractivity contribution < 1.29 is 4.79 Å². The van der Waals surface area contributed by atoms with Gasteiger partial charge in [0.2, 0.25) is 5.91 Å². The first-order valence-corrected chi connectivity index (χ1v) is 13.1. The van der Waals surface area contributed by atoms with Gasteiger partial charge in [-0.15, -0.1) is 0 Å². The van der Waals surface area contributed by atoms with Crippen molar-refractivity contribution in [2.75, 3.05) is 26.7 Å². The van der Waals surface area contributed by atoms with Crippen molar-refractivity contribution in [1.29, 1.82) is 0 Å². The van der Waals surface area contributed by atoms with Crippen LogP contribution in [0.2, 0.25) is 5.02 Å². The van der Waals surface area contributed by atoms with Gasteiger partial charge in [0.1, 0.15) is 6.54 Å². The highest BCUT2D eigenvalue weighted by Crippen LogP contribution is 2.27. The lowest BCUT2D eigenvalue weighted by molar-refractivity contribution is -0.133. The van der Waals surface area contributed by atoms with Gasteiger partial charge >= 0.3 is 4.87 Å². The molecule has 4 aromatic rings. The number of thiazole rings is 1. The molecule has 0 spiro atoms. The van der Waals surface area contributed by atoms with Gasteiger partial charge in [-0.25, -0.2) is 0 Å². The van der Waals surface area contributed by atoms with Gasteiger partial charge in [0.05, 0.1) is 16.3 Å². The van der Waals surface area contributed by atoms with Crippen molar-refractivity contribution >= 4 is 39.1 Å². The van der Waals surface area contributed by atoms with Crippen molar-refractivity contribution in [2.45, 2.75) is 25.4 Å². The number of amides is 1. The Balaban J connectivity index is 1.41. The molecule has 2 heterocycles. The Morgan fingerprint density at radius 1 is 1.00 bits per heavy atom. The number of aromatic nitrogens is 1. The number of likely N-dealkylation sites (N-methyl/N-ethyl adjacent to an activating group) is 1. The van der Waals surface area contributed by atoms with Crippen LogP contribution in [-0.2, 0) is 11.3 Å². The third-order valence-corrected chi connectivity index (χ3v) is 8.01. The van der Waals surface area contributed by atoms with Gasteiger partial charge in [-0.05, 0) is 60.8 Å². The second-order valence-electron chi connectivity index (χ2n) is 9.08. The monoisotopic (exact) mass is 505 g/mol. The van der Waals surface area contributed by atoms with Gasteiger partial charge in [-0.3, -0.25) is 14.2 Å². The largest absolute Gasteiger partial charge is 0.336 e. The molecule has 1 amide bonds. The summed E-state index contributed by atoms with van der Waals surface area (Å²) in [7, 11) is 1.85. The summed E-state index contributed by atoms with van der Waals surface area (Å²) >= 11 is 7.31. The van der Waals surface area contributed by atoms with Gasteiger partial charge < -0.3 is 9.80 Å². The Morgan fingerprint density at radius 2 is 1.69 bits per heavy atom. The summed E-state index contributed by atoms with van der Waals surface area (Å²) in [5.41, 5.74) is 4.12. The minimum absolute atomic E-state index is 0.00568. The van der Waals surface area contributed by atoms with Crippen molar-refractivity contribution in [3.63, 3.8) is 0 Å². The van der Waals surface area contributed by atoms with Crippen molar-refractivity contribution in [3.05, 3.63) is 93.0 Å². The van der Waals surface area contributed by atoms with E-state index in [0.717, 1.165) is 46.8 Å². The van der Waals surface area contributed by atoms with Crippen LogP contribution in [0.25, 0.3) is 21.3 Å². The summed E-state index contributed by atoms with van der Waals surface area (Å²) in [6, 6.07) is 24.0. The Hall–Kier alpha value is -2.93. The van der Waals surface area contributed by atoms with Crippen molar-refractivity contribution in [1.82, 2.24) is 14.4 Å². The summed E-state index contributed by atoms with van der Waals surface area (Å²) < 4.78 is 2.37. The molecule has 1 fully saturated rings. The van der Waals surface area contributed by atoms with Crippen LogP contribution in [0.1, 0.15) is 24.4 Å². The molecule has 5 rings (SSSR count). The molecule has 1 aliphatic rings. The maximum atomic E-state index is 13.5. The number of halogens is 1. The van der Waals surface area contributed by atoms with E-state index in [4.69, 9.17) is 11.6 Å². The molecule has 0 bridgehead atoms. The molecule has 180 valence electrons. The third-order valence-electron chi connectivity index (χ3n) is 6.82. The van der Waals surface area contributed by atoms with Crippen LogP contribution in [0.3, 0.4) is 0 Å². The second-order valence-corrected chi connectivity index (χ2v) is 10.5. The van der Waals surface area contributed by atoms with E-state index in [1.165, 1.54) is 23.0 Å². The molecule has 5 nitrogen and oxygen atoms in total.